The number of hydrogen-bond donors (Lipinski definition) is 2. The third kappa shape index (κ3) is 3.53. The number of carboxylic acid groups (broad SMARTS) is 1. The molecule has 1 aliphatic rings. The van der Waals surface area contributed by atoms with Crippen molar-refractivity contribution in [2.75, 3.05) is 0 Å². The molecule has 3 rings (SSSR count). The van der Waals surface area contributed by atoms with Gasteiger partial charge in [-0.25, -0.2) is 0 Å². The summed E-state index contributed by atoms with van der Waals surface area (Å²) in [7, 11) is 0. The van der Waals surface area contributed by atoms with Gasteiger partial charge < -0.3 is 14.9 Å². The maximum Gasteiger partial charge on any atom is 0.306 e. The van der Waals surface area contributed by atoms with Crippen molar-refractivity contribution in [1.29, 1.82) is 0 Å². The number of amides is 1. The summed E-state index contributed by atoms with van der Waals surface area (Å²) in [6.45, 7) is 0. The number of nitrogens with one attached hydrogen (secondary N) is 1. The number of carbonyl (C=O) groups excluding carboxylic acids is 1. The van der Waals surface area contributed by atoms with Gasteiger partial charge in [0.2, 0.25) is 0 Å². The summed E-state index contributed by atoms with van der Waals surface area (Å²) in [6.07, 6.45) is 1.68. The molecule has 1 aliphatic carbocycles. The van der Waals surface area contributed by atoms with E-state index in [0.717, 1.165) is 5.56 Å². The predicted octanol–water partition coefficient (Wildman–Crippen LogP) is 2.98. The number of carboxylic acids is 1. The molecule has 1 amide bonds. The third-order valence-electron chi connectivity index (χ3n) is 3.99. The molecule has 1 aromatic carbocycles. The number of halogens is 1. The van der Waals surface area contributed by atoms with Crippen LogP contribution in [-0.2, 0) is 4.79 Å². The minimum atomic E-state index is -0.812. The first-order chi connectivity index (χ1) is 11.0. The van der Waals surface area contributed by atoms with Gasteiger partial charge in [-0.3, -0.25) is 9.59 Å². The topological polar surface area (TPSA) is 92.4 Å². The molecule has 0 aliphatic heterocycles. The van der Waals surface area contributed by atoms with Gasteiger partial charge in [-0.1, -0.05) is 16.8 Å². The standard InChI is InChI=1S/C16H15ClN2O4/c17-11-4-1-9(2-5-11)14-8-13(19-23-14)15(20)18-12-6-3-10(7-12)16(21)22/h1-2,4-5,8,10,12H,3,6-7H2,(H,18,20)(H,21,22)/t10-,12+/m0/s1. The van der Waals surface area contributed by atoms with Crippen LogP contribution in [0.4, 0.5) is 0 Å². The quantitative estimate of drug-likeness (QED) is 0.896. The zero-order valence-corrected chi connectivity index (χ0v) is 12.9. The van der Waals surface area contributed by atoms with Gasteiger partial charge in [-0.05, 0) is 43.5 Å². The number of rotatable bonds is 4. The first kappa shape index (κ1) is 15.6. The average molecular weight is 335 g/mol. The Morgan fingerprint density at radius 2 is 2.00 bits per heavy atom. The van der Waals surface area contributed by atoms with Crippen molar-refractivity contribution in [1.82, 2.24) is 10.5 Å². The molecule has 120 valence electrons. The zero-order chi connectivity index (χ0) is 16.4. The number of carbonyl (C=O) groups is 2. The van der Waals surface area contributed by atoms with Gasteiger partial charge in [0.25, 0.3) is 5.91 Å². The molecule has 6 nitrogen and oxygen atoms in total. The number of aliphatic carboxylic acids is 1. The molecule has 0 radical (unpaired) electrons. The highest BCUT2D eigenvalue weighted by atomic mass is 35.5. The molecule has 1 saturated carbocycles. The smallest absolute Gasteiger partial charge is 0.306 e. The molecule has 0 saturated heterocycles. The summed E-state index contributed by atoms with van der Waals surface area (Å²) in [5.41, 5.74) is 0.946. The maximum atomic E-state index is 12.2. The maximum absolute atomic E-state index is 12.2. The van der Waals surface area contributed by atoms with Crippen molar-refractivity contribution >= 4 is 23.5 Å². The Kier molecular flexibility index (Phi) is 4.34. The van der Waals surface area contributed by atoms with Crippen LogP contribution in [0, 0.1) is 5.92 Å². The van der Waals surface area contributed by atoms with E-state index in [1.807, 2.05) is 0 Å². The number of hydrogen-bond acceptors (Lipinski definition) is 4. The second-order valence-corrected chi connectivity index (χ2v) is 6.04. The van der Waals surface area contributed by atoms with Crippen LogP contribution in [0.25, 0.3) is 11.3 Å². The van der Waals surface area contributed by atoms with E-state index in [0.29, 0.717) is 30.0 Å². The SMILES string of the molecule is O=C(N[C@@H]1CC[C@H](C(=O)O)C1)c1cc(-c2ccc(Cl)cc2)on1. The monoisotopic (exact) mass is 334 g/mol. The predicted molar refractivity (Wildman–Crippen MR) is 83.2 cm³/mol. The van der Waals surface area contributed by atoms with Crippen molar-refractivity contribution in [2.24, 2.45) is 5.92 Å². The molecule has 0 bridgehead atoms. The molecule has 1 aromatic heterocycles. The first-order valence-corrected chi connectivity index (χ1v) is 7.67. The van der Waals surface area contributed by atoms with Crippen molar-refractivity contribution < 1.29 is 19.2 Å². The Hall–Kier alpha value is -2.34. The highest BCUT2D eigenvalue weighted by Crippen LogP contribution is 2.26. The summed E-state index contributed by atoms with van der Waals surface area (Å²) in [5.74, 6) is -1.08. The molecule has 2 N–H and O–H groups in total. The Labute approximate surface area is 137 Å². The normalized spacial score (nSPS) is 20.4. The summed E-state index contributed by atoms with van der Waals surface area (Å²) in [4.78, 5) is 23.1. The van der Waals surface area contributed by atoms with Crippen molar-refractivity contribution in [3.63, 3.8) is 0 Å². The third-order valence-corrected chi connectivity index (χ3v) is 4.24. The van der Waals surface area contributed by atoms with E-state index in [-0.39, 0.29) is 23.6 Å². The van der Waals surface area contributed by atoms with Gasteiger partial charge in [0.05, 0.1) is 5.92 Å². The van der Waals surface area contributed by atoms with E-state index in [1.165, 1.54) is 0 Å². The number of nitrogens with zero attached hydrogens (tertiary/aromatic N) is 1. The van der Waals surface area contributed by atoms with E-state index >= 15 is 0 Å². The Morgan fingerprint density at radius 3 is 2.65 bits per heavy atom. The summed E-state index contributed by atoms with van der Waals surface area (Å²) in [6, 6.07) is 8.42. The Balaban J connectivity index is 1.65. The molecular formula is C16H15ClN2O4. The average Bonchev–Trinajstić information content (AvgIpc) is 3.17. The van der Waals surface area contributed by atoms with E-state index in [1.54, 1.807) is 30.3 Å². The van der Waals surface area contributed by atoms with Crippen LogP contribution in [0.15, 0.2) is 34.9 Å². The van der Waals surface area contributed by atoms with Crippen LogP contribution in [0.2, 0.25) is 5.02 Å². The molecule has 2 atom stereocenters. The highest BCUT2D eigenvalue weighted by molar-refractivity contribution is 6.30. The second-order valence-electron chi connectivity index (χ2n) is 5.60. The largest absolute Gasteiger partial charge is 0.481 e. The van der Waals surface area contributed by atoms with E-state index in [9.17, 15) is 9.59 Å². The fraction of sp³-hybridized carbons (Fsp3) is 0.312. The number of aromatic nitrogens is 1. The molecule has 2 aromatic rings. The van der Waals surface area contributed by atoms with Gasteiger partial charge in [0, 0.05) is 22.7 Å². The molecule has 1 fully saturated rings. The summed E-state index contributed by atoms with van der Waals surface area (Å²) in [5, 5.41) is 16.2. The lowest BCUT2D eigenvalue weighted by Crippen LogP contribution is -2.33. The van der Waals surface area contributed by atoms with Crippen molar-refractivity contribution in [3.05, 3.63) is 41.0 Å². The van der Waals surface area contributed by atoms with Gasteiger partial charge in [-0.2, -0.15) is 0 Å². The molecule has 23 heavy (non-hydrogen) atoms. The molecule has 0 spiro atoms. The summed E-state index contributed by atoms with van der Waals surface area (Å²) >= 11 is 5.83. The fourth-order valence-corrected chi connectivity index (χ4v) is 2.85. The minimum absolute atomic E-state index is 0.140. The van der Waals surface area contributed by atoms with Gasteiger partial charge >= 0.3 is 5.97 Å². The van der Waals surface area contributed by atoms with Crippen molar-refractivity contribution in [3.8, 4) is 11.3 Å². The van der Waals surface area contributed by atoms with Crippen LogP contribution in [0.3, 0.4) is 0 Å². The van der Waals surface area contributed by atoms with E-state index in [2.05, 4.69) is 10.5 Å². The van der Waals surface area contributed by atoms with Crippen LogP contribution < -0.4 is 5.32 Å². The lowest BCUT2D eigenvalue weighted by Gasteiger charge is -2.10. The molecule has 0 unspecified atom stereocenters. The zero-order valence-electron chi connectivity index (χ0n) is 12.2. The minimum Gasteiger partial charge on any atom is -0.481 e. The summed E-state index contributed by atoms with van der Waals surface area (Å²) < 4.78 is 5.19. The molecular weight excluding hydrogens is 320 g/mol. The lowest BCUT2D eigenvalue weighted by atomic mass is 10.1. The van der Waals surface area contributed by atoms with E-state index in [4.69, 9.17) is 21.2 Å². The Bertz CT molecular complexity index is 726. The van der Waals surface area contributed by atoms with E-state index < -0.39 is 5.97 Å². The van der Waals surface area contributed by atoms with Crippen LogP contribution >= 0.6 is 11.6 Å². The molecule has 1 heterocycles. The van der Waals surface area contributed by atoms with Crippen LogP contribution in [0.1, 0.15) is 29.8 Å². The Morgan fingerprint density at radius 1 is 1.26 bits per heavy atom. The van der Waals surface area contributed by atoms with Crippen LogP contribution in [0.5, 0.6) is 0 Å². The second kappa shape index (κ2) is 6.42. The van der Waals surface area contributed by atoms with Gasteiger partial charge in [0.15, 0.2) is 11.5 Å². The highest BCUT2D eigenvalue weighted by Gasteiger charge is 2.31. The molecule has 7 heteroatoms. The van der Waals surface area contributed by atoms with Crippen LogP contribution in [-0.4, -0.2) is 28.2 Å². The van der Waals surface area contributed by atoms with Gasteiger partial charge in [-0.15, -0.1) is 0 Å². The number of benzene rings is 1. The van der Waals surface area contributed by atoms with Crippen molar-refractivity contribution in [2.45, 2.75) is 25.3 Å². The lowest BCUT2D eigenvalue weighted by molar-refractivity contribution is -0.141. The van der Waals surface area contributed by atoms with Gasteiger partial charge in [0.1, 0.15) is 0 Å². The first-order valence-electron chi connectivity index (χ1n) is 7.29. The fourth-order valence-electron chi connectivity index (χ4n) is 2.73.